The van der Waals surface area contributed by atoms with Gasteiger partial charge in [0.05, 0.1) is 12.3 Å². The molecule has 0 saturated heterocycles. The minimum Gasteiger partial charge on any atom is -0.575 e. The molecule has 0 amide bonds. The first-order chi connectivity index (χ1) is 16.3. The fourth-order valence-electron chi connectivity index (χ4n) is 2.89. The number of hydrogen-bond acceptors (Lipinski definition) is 9. The quantitative estimate of drug-likeness (QED) is 0.267. The van der Waals surface area contributed by atoms with Gasteiger partial charge in [-0.2, -0.15) is 0 Å². The summed E-state index contributed by atoms with van der Waals surface area (Å²) >= 11 is 0. The van der Waals surface area contributed by atoms with Crippen LogP contribution in [0.2, 0.25) is 0 Å². The zero-order valence-corrected chi connectivity index (χ0v) is 19.9. The molecule has 2 aromatic carbocycles. The monoisotopic (exact) mass is 484 g/mol. The van der Waals surface area contributed by atoms with Gasteiger partial charge in [0.2, 0.25) is 5.75 Å². The summed E-state index contributed by atoms with van der Waals surface area (Å²) in [5.74, 6) is 0.0256. The van der Waals surface area contributed by atoms with Crippen molar-refractivity contribution in [1.29, 1.82) is 0 Å². The summed E-state index contributed by atoms with van der Waals surface area (Å²) in [5, 5.41) is 19.7. The number of aliphatic hydroxyl groups is 1. The molecule has 1 heterocycles. The largest absolute Gasteiger partial charge is 0.575 e. The van der Waals surface area contributed by atoms with Crippen LogP contribution in [0, 0.1) is 13.8 Å². The van der Waals surface area contributed by atoms with Crippen LogP contribution < -0.4 is 18.9 Å². The van der Waals surface area contributed by atoms with Crippen LogP contribution in [0.15, 0.2) is 59.5 Å². The minimum absolute atomic E-state index is 0.0235. The highest BCUT2D eigenvalue weighted by Crippen LogP contribution is 2.34. The van der Waals surface area contributed by atoms with Gasteiger partial charge in [0.25, 0.3) is 0 Å². The number of ether oxygens (including phenoxy) is 2. The second-order valence-electron chi connectivity index (χ2n) is 7.44. The Kier molecular flexibility index (Phi) is 8.54. The maximum atomic E-state index is 12.5. The van der Waals surface area contributed by atoms with Gasteiger partial charge in [-0.15, -0.1) is 0 Å². The summed E-state index contributed by atoms with van der Waals surface area (Å²) in [5.41, 5.74) is 2.22. The maximum absolute atomic E-state index is 12.5. The highest BCUT2D eigenvalue weighted by Gasteiger charge is 2.21. The first kappa shape index (κ1) is 25.1. The second kappa shape index (κ2) is 11.6. The van der Waals surface area contributed by atoms with E-state index in [2.05, 4.69) is 9.73 Å². The molecule has 2 atom stereocenters. The molecule has 178 valence electrons. The zero-order chi connectivity index (χ0) is 24.7. The van der Waals surface area contributed by atoms with Gasteiger partial charge in [0.1, 0.15) is 18.1 Å². The van der Waals surface area contributed by atoms with Gasteiger partial charge in [-0.05, 0) is 45.0 Å². The molecular weight excluding hydrogens is 459 g/mol. The van der Waals surface area contributed by atoms with Crippen molar-refractivity contribution in [2.24, 2.45) is 4.74 Å². The third-order valence-corrected chi connectivity index (χ3v) is 5.73. The predicted molar refractivity (Wildman–Crippen MR) is 124 cm³/mol. The summed E-state index contributed by atoms with van der Waals surface area (Å²) in [4.78, 5) is 28.8. The Bertz CT molecular complexity index is 1180. The summed E-state index contributed by atoms with van der Waals surface area (Å²) in [7, 11) is -2.61. The van der Waals surface area contributed by atoms with E-state index in [1.807, 2.05) is 19.1 Å². The van der Waals surface area contributed by atoms with Crippen molar-refractivity contribution >= 4 is 14.1 Å². The number of aromatic nitrogens is 1. The summed E-state index contributed by atoms with van der Waals surface area (Å²) < 4.78 is 20.3. The molecule has 10 heteroatoms. The van der Waals surface area contributed by atoms with Crippen molar-refractivity contribution in [2.75, 3.05) is 0 Å². The summed E-state index contributed by atoms with van der Waals surface area (Å²) in [6, 6.07) is 12.4. The summed E-state index contributed by atoms with van der Waals surface area (Å²) in [6.07, 6.45) is 1.50. The van der Waals surface area contributed by atoms with Crippen LogP contribution >= 0.6 is 8.17 Å². The molecule has 1 aromatic heterocycles. The lowest BCUT2D eigenvalue weighted by Crippen LogP contribution is -2.21. The van der Waals surface area contributed by atoms with Crippen molar-refractivity contribution in [1.82, 2.24) is 4.98 Å². The van der Waals surface area contributed by atoms with Crippen molar-refractivity contribution in [3.05, 3.63) is 77.1 Å². The molecule has 0 saturated carbocycles. The average Bonchev–Trinajstić information content (AvgIpc) is 2.82. The highest BCUT2D eigenvalue weighted by molar-refractivity contribution is 7.34. The number of aliphatic hydroxyl groups excluding tert-OH is 1. The number of carbonyl (C=O) groups is 1. The van der Waals surface area contributed by atoms with Crippen LogP contribution in [-0.2, 0) is 18.0 Å². The lowest BCUT2D eigenvalue weighted by molar-refractivity contribution is -0.169. The molecule has 0 bridgehead atoms. The number of rotatable bonds is 9. The maximum Gasteiger partial charge on any atom is 0.395 e. The molecule has 1 unspecified atom stereocenters. The van der Waals surface area contributed by atoms with E-state index in [9.17, 15) is 19.9 Å². The first-order valence-corrected chi connectivity index (χ1v) is 11.5. The number of hydrogen-bond donors (Lipinski definition) is 2. The van der Waals surface area contributed by atoms with Gasteiger partial charge in [0, 0.05) is 17.3 Å². The molecule has 0 aliphatic heterocycles. The van der Waals surface area contributed by atoms with Crippen LogP contribution in [-0.4, -0.2) is 27.2 Å². The fourth-order valence-corrected chi connectivity index (χ4v) is 3.63. The number of carbonyl (C=O) groups excluding carboxylic acids is 1. The molecule has 0 fully saturated rings. The zero-order valence-electron chi connectivity index (χ0n) is 19.0. The molecule has 0 aliphatic rings. The van der Waals surface area contributed by atoms with E-state index in [0.29, 0.717) is 22.6 Å². The molecule has 0 radical (unpaired) electrons. The molecule has 9 nitrogen and oxygen atoms in total. The molecule has 0 aliphatic carbocycles. The van der Waals surface area contributed by atoms with Crippen LogP contribution in [0.4, 0.5) is 0 Å². The lowest BCUT2D eigenvalue weighted by atomic mass is 10.1. The number of benzene rings is 2. The standard InChI is InChI=1S/C24H25N2O7P/c1-15-8-10-19(11-9-15)32-24(29)17(3)26-34(30)33-22-7-5-4-6-21(22)31-14-18-12-25-16(2)23(28)20(18)13-27/h4-12,17,27-28H,13-14H2,1-3H3/t17-/m0/s1. The lowest BCUT2D eigenvalue weighted by Gasteiger charge is -2.13. The normalized spacial score (nSPS) is 12.2. The molecular formula is C24H25N2O7P. The Morgan fingerprint density at radius 3 is 2.50 bits per heavy atom. The topological polar surface area (TPSA) is 134 Å². The van der Waals surface area contributed by atoms with E-state index in [-0.39, 0.29) is 30.5 Å². The second-order valence-corrected chi connectivity index (χ2v) is 8.33. The number of para-hydroxylation sites is 2. The van der Waals surface area contributed by atoms with Crippen LogP contribution in [0.5, 0.6) is 23.0 Å². The number of nitrogens with zero attached hydrogens (tertiary/aromatic N) is 2. The van der Waals surface area contributed by atoms with E-state index in [0.717, 1.165) is 5.56 Å². The first-order valence-electron chi connectivity index (χ1n) is 10.4. The van der Waals surface area contributed by atoms with Crippen molar-refractivity contribution in [2.45, 2.75) is 40.0 Å². The van der Waals surface area contributed by atoms with Gasteiger partial charge < -0.3 is 24.6 Å². The van der Waals surface area contributed by atoms with Crippen LogP contribution in [0.25, 0.3) is 0 Å². The van der Waals surface area contributed by atoms with Gasteiger partial charge in [-0.1, -0.05) is 34.6 Å². The van der Waals surface area contributed by atoms with Gasteiger partial charge in [-0.3, -0.25) is 9.51 Å². The van der Waals surface area contributed by atoms with Gasteiger partial charge in [-0.25, -0.2) is 4.79 Å². The van der Waals surface area contributed by atoms with Crippen LogP contribution in [0.3, 0.4) is 0 Å². The fraction of sp³-hybridized carbons (Fsp3) is 0.250. The molecule has 3 aromatic rings. The highest BCUT2D eigenvalue weighted by atomic mass is 31.1. The van der Waals surface area contributed by atoms with Crippen molar-refractivity contribution in [3.8, 4) is 23.0 Å². The Morgan fingerprint density at radius 1 is 1.15 bits per heavy atom. The third-order valence-electron chi connectivity index (χ3n) is 4.85. The van der Waals surface area contributed by atoms with E-state index >= 15 is 0 Å². The van der Waals surface area contributed by atoms with Crippen molar-refractivity contribution < 1.29 is 33.9 Å². The van der Waals surface area contributed by atoms with E-state index in [1.54, 1.807) is 43.3 Å². The SMILES string of the molecule is Cc1ccc(OC(=O)[C@H](C)N=[P+]([O-])Oc2ccccc2OCc2cnc(C)c(O)c2CO)cc1. The number of pyridine rings is 1. The molecule has 2 N–H and O–H groups in total. The summed E-state index contributed by atoms with van der Waals surface area (Å²) in [6.45, 7) is 4.60. The van der Waals surface area contributed by atoms with Crippen LogP contribution in [0.1, 0.15) is 29.3 Å². The van der Waals surface area contributed by atoms with Gasteiger partial charge in [0.15, 0.2) is 11.8 Å². The minimum atomic E-state index is -2.61. The Hall–Kier alpha value is -3.52. The molecule has 0 spiro atoms. The molecule has 3 rings (SSSR count). The van der Waals surface area contributed by atoms with Gasteiger partial charge >= 0.3 is 14.1 Å². The predicted octanol–water partition coefficient (Wildman–Crippen LogP) is 3.70. The third kappa shape index (κ3) is 6.51. The van der Waals surface area contributed by atoms with E-state index < -0.39 is 20.2 Å². The Balaban J connectivity index is 1.67. The number of aryl methyl sites for hydroxylation is 2. The van der Waals surface area contributed by atoms with E-state index in [1.165, 1.54) is 13.1 Å². The average molecular weight is 484 g/mol. The van der Waals surface area contributed by atoms with Crippen molar-refractivity contribution in [3.63, 3.8) is 0 Å². The Morgan fingerprint density at radius 2 is 1.82 bits per heavy atom. The molecule has 34 heavy (non-hydrogen) atoms. The number of aromatic hydroxyl groups is 1. The van der Waals surface area contributed by atoms with E-state index in [4.69, 9.17) is 14.0 Å². The Labute approximate surface area is 198 Å². The number of esters is 1. The smallest absolute Gasteiger partial charge is 0.395 e.